The second-order valence-electron chi connectivity index (χ2n) is 5.14. The lowest BCUT2D eigenvalue weighted by atomic mass is 10.2. The Morgan fingerprint density at radius 1 is 1.32 bits per heavy atom. The van der Waals surface area contributed by atoms with Crippen LogP contribution in [0, 0.1) is 13.8 Å². The summed E-state index contributed by atoms with van der Waals surface area (Å²) in [4.78, 5) is 18.5. The topological polar surface area (TPSA) is 45.2 Å². The van der Waals surface area contributed by atoms with Gasteiger partial charge < -0.3 is 10.2 Å². The van der Waals surface area contributed by atoms with Crippen LogP contribution in [0.2, 0.25) is 0 Å². The first-order chi connectivity index (χ1) is 9.04. The van der Waals surface area contributed by atoms with Crippen molar-refractivity contribution in [2.45, 2.75) is 33.6 Å². The lowest BCUT2D eigenvalue weighted by molar-refractivity contribution is -0.112. The molecular weight excluding hydrogens is 238 g/mol. The molecule has 2 rings (SSSR count). The van der Waals surface area contributed by atoms with Crippen LogP contribution in [-0.4, -0.2) is 28.9 Å². The molecule has 102 valence electrons. The molecule has 1 aliphatic rings. The Morgan fingerprint density at radius 3 is 2.63 bits per heavy atom. The number of nitrogens with zero attached hydrogens (tertiary/aromatic N) is 2. The molecule has 0 aliphatic carbocycles. The number of hydrogen-bond acceptors (Lipinski definition) is 3. The molecule has 0 aromatic carbocycles. The smallest absolute Gasteiger partial charge is 0.251 e. The molecule has 1 N–H and O–H groups in total. The van der Waals surface area contributed by atoms with E-state index >= 15 is 0 Å². The zero-order chi connectivity index (χ0) is 13.8. The van der Waals surface area contributed by atoms with Gasteiger partial charge in [-0.2, -0.15) is 0 Å². The molecule has 4 nitrogen and oxygen atoms in total. The minimum Gasteiger partial charge on any atom is -0.375 e. The molecule has 1 saturated heterocycles. The second-order valence-corrected chi connectivity index (χ2v) is 5.14. The highest BCUT2D eigenvalue weighted by atomic mass is 16.1. The Kier molecular flexibility index (Phi) is 4.20. The van der Waals surface area contributed by atoms with E-state index in [1.165, 1.54) is 12.8 Å². The van der Waals surface area contributed by atoms with Gasteiger partial charge in [-0.1, -0.05) is 0 Å². The minimum absolute atomic E-state index is 0.109. The summed E-state index contributed by atoms with van der Waals surface area (Å²) < 4.78 is 0. The van der Waals surface area contributed by atoms with E-state index in [1.807, 2.05) is 32.9 Å². The van der Waals surface area contributed by atoms with Gasteiger partial charge in [0, 0.05) is 30.6 Å². The van der Waals surface area contributed by atoms with Crippen molar-refractivity contribution in [3.8, 4) is 0 Å². The van der Waals surface area contributed by atoms with Crippen molar-refractivity contribution in [3.05, 3.63) is 35.2 Å². The fourth-order valence-corrected chi connectivity index (χ4v) is 2.42. The van der Waals surface area contributed by atoms with Gasteiger partial charge in [0.1, 0.15) is 5.82 Å². The molecular formula is C15H21N3O. The third kappa shape index (κ3) is 3.81. The Balaban J connectivity index is 2.02. The summed E-state index contributed by atoms with van der Waals surface area (Å²) in [6.45, 7) is 8.01. The van der Waals surface area contributed by atoms with Crippen LogP contribution in [-0.2, 0) is 4.79 Å². The molecule has 0 spiro atoms. The van der Waals surface area contributed by atoms with Gasteiger partial charge in [0.2, 0.25) is 0 Å². The molecule has 1 aromatic heterocycles. The lowest BCUT2D eigenvalue weighted by Crippen LogP contribution is -2.19. The first-order valence-electron chi connectivity index (χ1n) is 6.74. The average Bonchev–Trinajstić information content (AvgIpc) is 2.80. The summed E-state index contributed by atoms with van der Waals surface area (Å²) in [5, 5.41) is 2.82. The molecule has 0 bridgehead atoms. The molecule has 1 amide bonds. The number of carbonyl (C=O) groups excluding carboxylic acids is 1. The maximum atomic E-state index is 11.9. The molecule has 1 aliphatic heterocycles. The van der Waals surface area contributed by atoms with E-state index in [0.29, 0.717) is 5.82 Å². The quantitative estimate of drug-likeness (QED) is 0.849. The van der Waals surface area contributed by atoms with E-state index in [1.54, 1.807) is 6.08 Å². The molecule has 0 radical (unpaired) electrons. The summed E-state index contributed by atoms with van der Waals surface area (Å²) in [6.07, 6.45) is 4.08. The maximum absolute atomic E-state index is 11.9. The monoisotopic (exact) mass is 259 g/mol. The van der Waals surface area contributed by atoms with Crippen molar-refractivity contribution in [1.82, 2.24) is 9.88 Å². The van der Waals surface area contributed by atoms with Crippen LogP contribution in [0.15, 0.2) is 23.9 Å². The summed E-state index contributed by atoms with van der Waals surface area (Å²) in [6, 6.07) is 3.87. The van der Waals surface area contributed by atoms with Crippen molar-refractivity contribution >= 4 is 11.7 Å². The van der Waals surface area contributed by atoms with Crippen molar-refractivity contribution in [2.24, 2.45) is 0 Å². The highest BCUT2D eigenvalue weighted by molar-refractivity contribution is 5.99. The van der Waals surface area contributed by atoms with Gasteiger partial charge in [-0.15, -0.1) is 0 Å². The largest absolute Gasteiger partial charge is 0.375 e. The molecule has 0 saturated carbocycles. The van der Waals surface area contributed by atoms with E-state index < -0.39 is 0 Å². The van der Waals surface area contributed by atoms with E-state index in [-0.39, 0.29) is 5.91 Å². The van der Waals surface area contributed by atoms with Gasteiger partial charge in [0.25, 0.3) is 5.91 Å². The molecule has 1 aromatic rings. The van der Waals surface area contributed by atoms with E-state index in [0.717, 1.165) is 30.0 Å². The predicted octanol–water partition coefficient (Wildman–Crippen LogP) is 2.64. The first-order valence-corrected chi connectivity index (χ1v) is 6.74. The predicted molar refractivity (Wildman–Crippen MR) is 76.9 cm³/mol. The fraction of sp³-hybridized carbons (Fsp3) is 0.467. The van der Waals surface area contributed by atoms with Gasteiger partial charge >= 0.3 is 0 Å². The minimum atomic E-state index is -0.109. The van der Waals surface area contributed by atoms with Gasteiger partial charge in [-0.3, -0.25) is 4.79 Å². The number of aryl methyl sites for hydroxylation is 2. The third-order valence-electron chi connectivity index (χ3n) is 3.29. The van der Waals surface area contributed by atoms with E-state index in [4.69, 9.17) is 0 Å². The van der Waals surface area contributed by atoms with Crippen molar-refractivity contribution < 1.29 is 4.79 Å². The van der Waals surface area contributed by atoms with Gasteiger partial charge in [-0.25, -0.2) is 4.98 Å². The highest BCUT2D eigenvalue weighted by Crippen LogP contribution is 2.14. The van der Waals surface area contributed by atoms with Crippen LogP contribution in [0.5, 0.6) is 0 Å². The number of pyridine rings is 1. The van der Waals surface area contributed by atoms with Gasteiger partial charge in [0.15, 0.2) is 0 Å². The number of anilines is 1. The second kappa shape index (κ2) is 5.87. The first kappa shape index (κ1) is 13.6. The van der Waals surface area contributed by atoms with Crippen LogP contribution in [0.25, 0.3) is 0 Å². The highest BCUT2D eigenvalue weighted by Gasteiger charge is 2.12. The van der Waals surface area contributed by atoms with Crippen LogP contribution in [0.1, 0.15) is 31.0 Å². The molecule has 0 atom stereocenters. The molecule has 1 fully saturated rings. The van der Waals surface area contributed by atoms with Crippen molar-refractivity contribution in [2.75, 3.05) is 18.4 Å². The Labute approximate surface area is 114 Å². The number of nitrogens with one attached hydrogen (secondary N) is 1. The summed E-state index contributed by atoms with van der Waals surface area (Å²) in [7, 11) is 0. The number of rotatable bonds is 3. The Morgan fingerprint density at radius 2 is 2.00 bits per heavy atom. The lowest BCUT2D eigenvalue weighted by Gasteiger charge is -2.17. The van der Waals surface area contributed by atoms with Crippen LogP contribution >= 0.6 is 0 Å². The number of hydrogen-bond donors (Lipinski definition) is 1. The van der Waals surface area contributed by atoms with Gasteiger partial charge in [-0.05, 0) is 51.3 Å². The standard InChI is InChI=1S/C15H21N3O/c1-11-8-12(2)16-14(9-11)17-15(19)10-13(3)18-6-4-5-7-18/h8-10H,4-7H2,1-3H3,(H,16,17,19). The molecule has 19 heavy (non-hydrogen) atoms. The normalized spacial score (nSPS) is 15.7. The van der Waals surface area contributed by atoms with Crippen molar-refractivity contribution in [1.29, 1.82) is 0 Å². The average molecular weight is 259 g/mol. The Bertz CT molecular complexity index is 482. The summed E-state index contributed by atoms with van der Waals surface area (Å²) in [5.74, 6) is 0.509. The van der Waals surface area contributed by atoms with Crippen LogP contribution < -0.4 is 5.32 Å². The summed E-state index contributed by atoms with van der Waals surface area (Å²) >= 11 is 0. The maximum Gasteiger partial charge on any atom is 0.251 e. The molecule has 2 heterocycles. The number of amides is 1. The zero-order valence-electron chi connectivity index (χ0n) is 11.9. The van der Waals surface area contributed by atoms with Crippen molar-refractivity contribution in [3.63, 3.8) is 0 Å². The van der Waals surface area contributed by atoms with Gasteiger partial charge in [0.05, 0.1) is 0 Å². The zero-order valence-corrected chi connectivity index (χ0v) is 11.9. The SMILES string of the molecule is CC(=CC(=O)Nc1cc(C)cc(C)n1)N1CCCC1. The number of likely N-dealkylation sites (tertiary alicyclic amines) is 1. The summed E-state index contributed by atoms with van der Waals surface area (Å²) in [5.41, 5.74) is 3.04. The molecule has 0 unspecified atom stereocenters. The third-order valence-corrected chi connectivity index (χ3v) is 3.29. The number of aromatic nitrogens is 1. The number of carbonyl (C=O) groups is 1. The fourth-order valence-electron chi connectivity index (χ4n) is 2.42. The Hall–Kier alpha value is -1.84. The van der Waals surface area contributed by atoms with E-state index in [2.05, 4.69) is 15.2 Å². The van der Waals surface area contributed by atoms with E-state index in [9.17, 15) is 4.79 Å². The number of allylic oxidation sites excluding steroid dienone is 1. The van der Waals surface area contributed by atoms with Crippen LogP contribution in [0.4, 0.5) is 5.82 Å². The van der Waals surface area contributed by atoms with Crippen LogP contribution in [0.3, 0.4) is 0 Å². The molecule has 4 heteroatoms.